The second-order valence-electron chi connectivity index (χ2n) is 8.54. The van der Waals surface area contributed by atoms with Gasteiger partial charge in [0.05, 0.1) is 19.5 Å². The molecule has 1 unspecified atom stereocenters. The van der Waals surface area contributed by atoms with Crippen LogP contribution in [-0.2, 0) is 16.1 Å². The van der Waals surface area contributed by atoms with Crippen molar-refractivity contribution in [3.8, 4) is 22.5 Å². The van der Waals surface area contributed by atoms with Crippen molar-refractivity contribution in [2.75, 3.05) is 26.9 Å². The third-order valence-corrected chi connectivity index (χ3v) is 6.35. The molecule has 2 aliphatic heterocycles. The number of aliphatic imine (C=N–C) groups is 1. The maximum absolute atomic E-state index is 12.0. The van der Waals surface area contributed by atoms with Crippen molar-refractivity contribution in [2.24, 2.45) is 4.99 Å². The number of amidine groups is 1. The molecule has 0 spiro atoms. The van der Waals surface area contributed by atoms with Crippen molar-refractivity contribution in [2.45, 2.75) is 26.6 Å². The largest absolute Gasteiger partial charge is 0.468 e. The maximum atomic E-state index is 12.0. The number of esters is 1. The van der Waals surface area contributed by atoms with Gasteiger partial charge in [-0.3, -0.25) is 4.79 Å². The summed E-state index contributed by atoms with van der Waals surface area (Å²) in [6, 6.07) is 16.6. The number of carbonyl (C=O) groups excluding carboxylic acids is 1. The number of benzene rings is 2. The van der Waals surface area contributed by atoms with E-state index in [-0.39, 0.29) is 18.7 Å². The fraction of sp³-hybridized carbons (Fsp3) is 0.320. The lowest BCUT2D eigenvalue weighted by Gasteiger charge is -2.37. The SMILES string of the molecule is CCN1C=C2C(=NC(C)N2Cc2ccc(-c3ccccc3-c3nnn[nH]3)cc2)N(CC(=O)OC)C1. The van der Waals surface area contributed by atoms with Gasteiger partial charge in [-0.05, 0) is 41.0 Å². The summed E-state index contributed by atoms with van der Waals surface area (Å²) in [5.41, 5.74) is 5.30. The number of methoxy groups -OCH3 is 1. The van der Waals surface area contributed by atoms with E-state index < -0.39 is 0 Å². The molecule has 180 valence electrons. The minimum absolute atomic E-state index is 0.0347. The molecule has 0 bridgehead atoms. The Kier molecular flexibility index (Phi) is 6.17. The van der Waals surface area contributed by atoms with Crippen LogP contribution in [0.1, 0.15) is 19.4 Å². The highest BCUT2D eigenvalue weighted by Crippen LogP contribution is 2.32. The highest BCUT2D eigenvalue weighted by Gasteiger charge is 2.35. The van der Waals surface area contributed by atoms with Crippen LogP contribution < -0.4 is 0 Å². The Hall–Kier alpha value is -4.21. The Morgan fingerprint density at radius 1 is 1.14 bits per heavy atom. The minimum atomic E-state index is -0.270. The van der Waals surface area contributed by atoms with E-state index in [0.717, 1.165) is 34.8 Å². The van der Waals surface area contributed by atoms with Gasteiger partial charge in [0, 0.05) is 24.9 Å². The van der Waals surface area contributed by atoms with Crippen molar-refractivity contribution < 1.29 is 9.53 Å². The lowest BCUT2D eigenvalue weighted by Crippen LogP contribution is -2.47. The molecule has 2 aliphatic rings. The van der Waals surface area contributed by atoms with Crippen molar-refractivity contribution >= 4 is 11.8 Å². The summed E-state index contributed by atoms with van der Waals surface area (Å²) >= 11 is 0. The van der Waals surface area contributed by atoms with Gasteiger partial charge in [-0.15, -0.1) is 5.10 Å². The predicted molar refractivity (Wildman–Crippen MR) is 132 cm³/mol. The molecule has 0 saturated carbocycles. The fourth-order valence-corrected chi connectivity index (χ4v) is 4.47. The van der Waals surface area contributed by atoms with Crippen LogP contribution in [0.5, 0.6) is 0 Å². The summed E-state index contributed by atoms with van der Waals surface area (Å²) in [7, 11) is 1.41. The first-order chi connectivity index (χ1) is 17.1. The summed E-state index contributed by atoms with van der Waals surface area (Å²) in [6.45, 7) is 6.52. The quantitative estimate of drug-likeness (QED) is 0.524. The van der Waals surface area contributed by atoms with E-state index in [9.17, 15) is 4.79 Å². The molecule has 3 heterocycles. The molecule has 10 heteroatoms. The summed E-state index contributed by atoms with van der Waals surface area (Å²) in [5, 5.41) is 14.3. The number of ether oxygens (including phenoxy) is 1. The zero-order valence-electron chi connectivity index (χ0n) is 20.0. The van der Waals surface area contributed by atoms with Crippen LogP contribution in [-0.4, -0.2) is 80.2 Å². The Balaban J connectivity index is 1.37. The van der Waals surface area contributed by atoms with Crippen molar-refractivity contribution in [1.82, 2.24) is 35.3 Å². The van der Waals surface area contributed by atoms with Crippen LogP contribution in [0.25, 0.3) is 22.5 Å². The third-order valence-electron chi connectivity index (χ3n) is 6.35. The van der Waals surface area contributed by atoms with Gasteiger partial charge in [0.1, 0.15) is 12.7 Å². The number of aromatic nitrogens is 4. The van der Waals surface area contributed by atoms with E-state index >= 15 is 0 Å². The van der Waals surface area contributed by atoms with Crippen molar-refractivity contribution in [3.63, 3.8) is 0 Å². The van der Waals surface area contributed by atoms with Crippen molar-refractivity contribution in [1.29, 1.82) is 0 Å². The van der Waals surface area contributed by atoms with Gasteiger partial charge in [-0.1, -0.05) is 48.5 Å². The molecular formula is C25H28N8O2. The van der Waals surface area contributed by atoms with E-state index in [0.29, 0.717) is 19.0 Å². The third kappa shape index (κ3) is 4.46. The molecule has 0 amide bonds. The Morgan fingerprint density at radius 3 is 2.60 bits per heavy atom. The first-order valence-electron chi connectivity index (χ1n) is 11.6. The molecule has 2 aromatic carbocycles. The molecule has 0 fully saturated rings. The summed E-state index contributed by atoms with van der Waals surface area (Å²) in [4.78, 5) is 23.3. The van der Waals surface area contributed by atoms with E-state index in [1.807, 2.05) is 23.1 Å². The van der Waals surface area contributed by atoms with Gasteiger partial charge in [-0.25, -0.2) is 10.1 Å². The maximum Gasteiger partial charge on any atom is 0.325 e. The number of tetrazole rings is 1. The van der Waals surface area contributed by atoms with Crippen LogP contribution in [0.15, 0.2) is 65.4 Å². The average molecular weight is 473 g/mol. The number of aromatic amines is 1. The first-order valence-corrected chi connectivity index (χ1v) is 11.6. The topological polar surface area (TPSA) is 103 Å². The van der Waals surface area contributed by atoms with E-state index in [1.165, 1.54) is 12.7 Å². The average Bonchev–Trinajstić information content (AvgIpc) is 3.53. The molecule has 3 aromatic rings. The minimum Gasteiger partial charge on any atom is -0.468 e. The lowest BCUT2D eigenvalue weighted by atomic mass is 9.98. The highest BCUT2D eigenvalue weighted by molar-refractivity contribution is 6.01. The van der Waals surface area contributed by atoms with Crippen LogP contribution in [0.3, 0.4) is 0 Å². The lowest BCUT2D eigenvalue weighted by molar-refractivity contribution is -0.141. The van der Waals surface area contributed by atoms with Crippen LogP contribution in [0.4, 0.5) is 0 Å². The van der Waals surface area contributed by atoms with Crippen LogP contribution >= 0.6 is 0 Å². The number of H-pyrrole nitrogens is 1. The Morgan fingerprint density at radius 2 is 1.91 bits per heavy atom. The van der Waals surface area contributed by atoms with Gasteiger partial charge < -0.3 is 19.4 Å². The molecule has 1 N–H and O–H groups in total. The van der Waals surface area contributed by atoms with Crippen LogP contribution in [0.2, 0.25) is 0 Å². The summed E-state index contributed by atoms with van der Waals surface area (Å²) in [5.74, 6) is 1.22. The van der Waals surface area contributed by atoms with Crippen molar-refractivity contribution in [3.05, 3.63) is 66.0 Å². The molecule has 35 heavy (non-hydrogen) atoms. The second kappa shape index (κ2) is 9.57. The van der Waals surface area contributed by atoms with E-state index in [1.54, 1.807) is 0 Å². The first kappa shape index (κ1) is 22.6. The second-order valence-corrected chi connectivity index (χ2v) is 8.54. The smallest absolute Gasteiger partial charge is 0.325 e. The standard InChI is InChI=1S/C25H28N8O2/c1-4-31-14-22-25(32(16-31)15-23(34)35-3)26-17(2)33(22)13-18-9-11-19(12-10-18)20-7-5-6-8-21(20)24-27-29-30-28-24/h5-12,14,17H,4,13,15-16H2,1-3H3,(H,27,28,29,30). The molecule has 10 nitrogen and oxygen atoms in total. The molecule has 1 aromatic heterocycles. The summed E-state index contributed by atoms with van der Waals surface area (Å²) in [6.07, 6.45) is 2.11. The van der Waals surface area contributed by atoms with E-state index in [4.69, 9.17) is 9.73 Å². The normalized spacial score (nSPS) is 17.2. The molecule has 0 radical (unpaired) electrons. The Bertz CT molecular complexity index is 1250. The monoisotopic (exact) mass is 472 g/mol. The number of fused-ring (bicyclic) bond motifs is 1. The van der Waals surface area contributed by atoms with Gasteiger partial charge in [0.2, 0.25) is 0 Å². The number of nitrogens with one attached hydrogen (secondary N) is 1. The molecule has 0 saturated heterocycles. The number of carbonyl (C=O) groups is 1. The zero-order chi connectivity index (χ0) is 24.4. The number of hydrogen-bond acceptors (Lipinski definition) is 9. The molecule has 1 atom stereocenters. The predicted octanol–water partition coefficient (Wildman–Crippen LogP) is 2.70. The molecule has 0 aliphatic carbocycles. The van der Waals surface area contributed by atoms with E-state index in [2.05, 4.69) is 80.8 Å². The van der Waals surface area contributed by atoms with Gasteiger partial charge in [0.25, 0.3) is 0 Å². The zero-order valence-corrected chi connectivity index (χ0v) is 20.0. The number of nitrogens with zero attached hydrogens (tertiary/aromatic N) is 7. The van der Waals surface area contributed by atoms with Gasteiger partial charge >= 0.3 is 5.97 Å². The Labute approximate surface area is 203 Å². The fourth-order valence-electron chi connectivity index (χ4n) is 4.47. The number of hydrogen-bond donors (Lipinski definition) is 1. The van der Waals surface area contributed by atoms with Gasteiger partial charge in [-0.2, -0.15) is 0 Å². The van der Waals surface area contributed by atoms with Gasteiger partial charge in [0.15, 0.2) is 11.7 Å². The highest BCUT2D eigenvalue weighted by atomic mass is 16.5. The summed E-state index contributed by atoms with van der Waals surface area (Å²) < 4.78 is 4.90. The molecular weight excluding hydrogens is 444 g/mol. The van der Waals surface area contributed by atoms with Crippen LogP contribution in [0, 0.1) is 0 Å². The number of rotatable bonds is 7. The molecule has 5 rings (SSSR count).